The van der Waals surface area contributed by atoms with E-state index in [4.69, 9.17) is 14.8 Å². The molecule has 90 valence electrons. The predicted octanol–water partition coefficient (Wildman–Crippen LogP) is -1.83. The fourth-order valence-electron chi connectivity index (χ4n) is 0.479. The van der Waals surface area contributed by atoms with Crippen LogP contribution in [0.1, 0.15) is 6.42 Å². The van der Waals surface area contributed by atoms with Crippen molar-refractivity contribution in [3.63, 3.8) is 0 Å². The molecule has 1 rings (SSSR count). The van der Waals surface area contributed by atoms with Crippen LogP contribution in [0.25, 0.3) is 0 Å². The van der Waals surface area contributed by atoms with Crippen molar-refractivity contribution in [2.75, 3.05) is 13.2 Å². The summed E-state index contributed by atoms with van der Waals surface area (Å²) in [6.45, 7) is 2.00. The fraction of sp³-hybridized carbons (Fsp3) is 0.667. The molecule has 3 N–H and O–H groups in total. The number of hydrogen-bond donors (Lipinski definition) is 3. The van der Waals surface area contributed by atoms with Crippen molar-refractivity contribution in [2.45, 2.75) is 11.7 Å². The molecule has 1 heterocycles. The van der Waals surface area contributed by atoms with E-state index in [9.17, 15) is 18.0 Å². The van der Waals surface area contributed by atoms with Crippen molar-refractivity contribution in [1.82, 2.24) is 0 Å². The summed E-state index contributed by atoms with van der Waals surface area (Å²) in [6.07, 6.45) is -1.16. The molecule has 8 nitrogen and oxygen atoms in total. The van der Waals surface area contributed by atoms with E-state index in [1.54, 1.807) is 0 Å². The number of rotatable bonds is 4. The van der Waals surface area contributed by atoms with Crippen molar-refractivity contribution < 1.29 is 37.5 Å². The number of carbonyl (C=O) groups is 2. The first-order valence-electron chi connectivity index (χ1n) is 3.73. The Morgan fingerprint density at radius 3 is 1.69 bits per heavy atom. The molecule has 1 aliphatic rings. The molecule has 0 spiro atoms. The Kier molecular flexibility index (Phi) is 9.07. The molecule has 0 aromatic heterocycles. The van der Waals surface area contributed by atoms with Gasteiger partial charge in [0.15, 0.2) is 5.25 Å². The molecule has 1 saturated heterocycles. The Morgan fingerprint density at radius 2 is 1.62 bits per heavy atom. The Morgan fingerprint density at radius 1 is 1.25 bits per heavy atom. The first kappa shape index (κ1) is 18.2. The molecule has 1 aliphatic heterocycles. The van der Waals surface area contributed by atoms with Crippen LogP contribution in [0.15, 0.2) is 0 Å². The quantitative estimate of drug-likeness (QED) is 0.306. The van der Waals surface area contributed by atoms with Gasteiger partial charge in [-0.25, -0.2) is 0 Å². The zero-order valence-corrected chi connectivity index (χ0v) is 8.31. The molecule has 10 heteroatoms. The number of ether oxygens (including phenoxy) is 1. The maximum atomic E-state index is 10.2. The van der Waals surface area contributed by atoms with E-state index in [1.165, 1.54) is 0 Å². The number of carboxylic acid groups (broad SMARTS) is 2. The van der Waals surface area contributed by atoms with Gasteiger partial charge < -0.3 is 14.9 Å². The van der Waals surface area contributed by atoms with Gasteiger partial charge >= 0.3 is 41.5 Å². The first-order valence-corrected chi connectivity index (χ1v) is 5.24. The molecule has 0 aliphatic carbocycles. The van der Waals surface area contributed by atoms with Crippen molar-refractivity contribution in [3.8, 4) is 0 Å². The van der Waals surface area contributed by atoms with Gasteiger partial charge in [0.1, 0.15) is 0 Å². The molecule has 0 aromatic rings. The van der Waals surface area contributed by atoms with Crippen LogP contribution in [0.5, 0.6) is 0 Å². The van der Waals surface area contributed by atoms with Gasteiger partial charge in [0.05, 0.1) is 19.6 Å². The van der Waals surface area contributed by atoms with Crippen molar-refractivity contribution in [3.05, 3.63) is 0 Å². The van der Waals surface area contributed by atoms with Crippen molar-refractivity contribution in [1.29, 1.82) is 0 Å². The van der Waals surface area contributed by atoms with Gasteiger partial charge in [0.25, 0.3) is 10.1 Å². The van der Waals surface area contributed by atoms with E-state index in [0.717, 1.165) is 13.2 Å². The van der Waals surface area contributed by atoms with Crippen molar-refractivity contribution >= 4 is 51.6 Å². The van der Waals surface area contributed by atoms with Gasteiger partial charge in [-0.1, -0.05) is 0 Å². The summed E-state index contributed by atoms with van der Waals surface area (Å²) in [5, 5.41) is 13.9. The number of hydrogen-bond acceptors (Lipinski definition) is 5. The number of aliphatic carboxylic acids is 2. The average molecular weight is 266 g/mol. The molecule has 1 fully saturated rings. The van der Waals surface area contributed by atoms with Crippen LogP contribution in [0.3, 0.4) is 0 Å². The second kappa shape index (κ2) is 7.98. The Labute approximate surface area is 114 Å². The minimum absolute atomic E-state index is 0. The van der Waals surface area contributed by atoms with Crippen LogP contribution in [0, 0.1) is 0 Å². The van der Waals surface area contributed by atoms with E-state index in [1.807, 2.05) is 0 Å². The predicted molar refractivity (Wildman–Crippen MR) is 53.2 cm³/mol. The minimum atomic E-state index is -4.84. The molecule has 0 radical (unpaired) electrons. The van der Waals surface area contributed by atoms with Crippen LogP contribution in [-0.4, -0.2) is 83.1 Å². The third-order valence-corrected chi connectivity index (χ3v) is 2.29. The van der Waals surface area contributed by atoms with E-state index in [0.29, 0.717) is 0 Å². The summed E-state index contributed by atoms with van der Waals surface area (Å²) >= 11 is 0. The summed E-state index contributed by atoms with van der Waals surface area (Å²) < 4.78 is 33.2. The third-order valence-electron chi connectivity index (χ3n) is 1.20. The van der Waals surface area contributed by atoms with Gasteiger partial charge in [-0.3, -0.25) is 14.1 Å². The normalized spacial score (nSPS) is 14.8. The second-order valence-corrected chi connectivity index (χ2v) is 4.15. The van der Waals surface area contributed by atoms with E-state index in [-0.39, 0.29) is 29.6 Å². The van der Waals surface area contributed by atoms with Gasteiger partial charge in [0.2, 0.25) is 0 Å². The van der Waals surface area contributed by atoms with E-state index < -0.39 is 33.7 Å². The Balaban J connectivity index is 0. The molecular weight excluding hydrogens is 255 g/mol. The molecule has 1 atom stereocenters. The van der Waals surface area contributed by atoms with Crippen LogP contribution in [0.2, 0.25) is 0 Å². The average Bonchev–Trinajstić information content (AvgIpc) is 2.82. The second-order valence-electron chi connectivity index (χ2n) is 2.55. The van der Waals surface area contributed by atoms with Gasteiger partial charge in [-0.2, -0.15) is 8.42 Å². The van der Waals surface area contributed by atoms with Crippen LogP contribution in [-0.2, 0) is 24.4 Å². The summed E-state index contributed by atoms with van der Waals surface area (Å²) in [6, 6.07) is 0. The van der Waals surface area contributed by atoms with E-state index >= 15 is 0 Å². The maximum absolute atomic E-state index is 10.2. The first-order chi connectivity index (χ1) is 6.75. The summed E-state index contributed by atoms with van der Waals surface area (Å²) in [4.78, 5) is 20.0. The third kappa shape index (κ3) is 10.3. The van der Waals surface area contributed by atoms with E-state index in [2.05, 4.69) is 4.74 Å². The van der Waals surface area contributed by atoms with Gasteiger partial charge in [-0.15, -0.1) is 0 Å². The zero-order chi connectivity index (χ0) is 12.1. The molecular formula is C6H11NaO8S. The Bertz CT molecular complexity index is 332. The summed E-state index contributed by atoms with van der Waals surface area (Å²) in [5.74, 6) is -3.50. The molecule has 1 unspecified atom stereocenters. The molecule has 0 aromatic carbocycles. The number of carboxylic acids is 2. The molecule has 0 bridgehead atoms. The monoisotopic (exact) mass is 266 g/mol. The van der Waals surface area contributed by atoms with Crippen LogP contribution in [0.4, 0.5) is 0 Å². The Hall–Kier alpha value is -0.190. The van der Waals surface area contributed by atoms with Crippen molar-refractivity contribution in [2.24, 2.45) is 0 Å². The van der Waals surface area contributed by atoms with Gasteiger partial charge in [0, 0.05) is 0 Å². The summed E-state index contributed by atoms with van der Waals surface area (Å²) in [7, 11) is -4.84. The zero-order valence-electron chi connectivity index (χ0n) is 7.49. The standard InChI is InChI=1S/C4H6O7S.C2H4O.Na.H/c5-3(6)1-2(4(7)8)12(9,10)11;1-2-3-1;;/h2H,1H2,(H,5,6)(H,7,8)(H,9,10,11);1-2H2;;. The molecule has 16 heavy (non-hydrogen) atoms. The molecule has 0 saturated carbocycles. The molecule has 0 amide bonds. The number of epoxide rings is 1. The fourth-order valence-corrected chi connectivity index (χ4v) is 1.09. The summed E-state index contributed by atoms with van der Waals surface area (Å²) in [5.41, 5.74) is 0. The van der Waals surface area contributed by atoms with Crippen LogP contribution < -0.4 is 0 Å². The topological polar surface area (TPSA) is 142 Å². The van der Waals surface area contributed by atoms with Crippen LogP contribution >= 0.6 is 0 Å². The van der Waals surface area contributed by atoms with Gasteiger partial charge in [-0.05, 0) is 0 Å². The SMILES string of the molecule is C1CO1.O=C(O)CC(C(=O)O)S(=O)(=O)O.[NaH].